The molecule has 3 rings (SSSR count). The number of carbonyl (C=O) groups excluding carboxylic acids is 1. The highest BCUT2D eigenvalue weighted by Crippen LogP contribution is 2.50. The monoisotopic (exact) mass is 259 g/mol. The number of rotatable bonds is 3. The fourth-order valence-electron chi connectivity index (χ4n) is 3.06. The van der Waals surface area contributed by atoms with Crippen LogP contribution in [0.4, 0.5) is 0 Å². The number of hydrogen-bond acceptors (Lipinski definition) is 2. The molecule has 3 heteroatoms. The first-order valence-corrected chi connectivity index (χ1v) is 7.20. The van der Waals surface area contributed by atoms with E-state index in [9.17, 15) is 4.79 Å². The lowest BCUT2D eigenvalue weighted by atomic mass is 9.93. The van der Waals surface area contributed by atoms with Gasteiger partial charge >= 0.3 is 0 Å². The summed E-state index contributed by atoms with van der Waals surface area (Å²) in [5.74, 6) is 1.20. The van der Waals surface area contributed by atoms with E-state index in [-0.39, 0.29) is 5.41 Å². The van der Waals surface area contributed by atoms with Gasteiger partial charge in [-0.2, -0.15) is 0 Å². The average Bonchev–Trinajstić information content (AvgIpc) is 3.29. The summed E-state index contributed by atoms with van der Waals surface area (Å²) >= 11 is 0. The predicted octanol–water partition coefficient (Wildman–Crippen LogP) is 2.74. The molecule has 0 spiro atoms. The Bertz CT molecular complexity index is 456. The predicted molar refractivity (Wildman–Crippen MR) is 74.3 cm³/mol. The van der Waals surface area contributed by atoms with E-state index in [1.807, 2.05) is 24.3 Å². The zero-order valence-electron chi connectivity index (χ0n) is 11.5. The Morgan fingerprint density at radius 1 is 1.11 bits per heavy atom. The standard InChI is InChI=1S/C16H21NO2/c1-19-14-7-5-13(6-8-14)16(9-10-16)15(18)17-11-3-2-4-12-17/h5-8H,2-4,9-12H2,1H3. The van der Waals surface area contributed by atoms with Crippen molar-refractivity contribution < 1.29 is 9.53 Å². The molecular formula is C16H21NO2. The van der Waals surface area contributed by atoms with Crippen molar-refractivity contribution in [1.29, 1.82) is 0 Å². The molecule has 102 valence electrons. The van der Waals surface area contributed by atoms with Gasteiger partial charge in [-0.3, -0.25) is 4.79 Å². The number of amides is 1. The van der Waals surface area contributed by atoms with Crippen LogP contribution < -0.4 is 4.74 Å². The maximum Gasteiger partial charge on any atom is 0.233 e. The highest BCUT2D eigenvalue weighted by Gasteiger charge is 2.52. The minimum absolute atomic E-state index is 0.219. The molecule has 0 bridgehead atoms. The Balaban J connectivity index is 1.79. The van der Waals surface area contributed by atoms with Gasteiger partial charge in [-0.1, -0.05) is 12.1 Å². The van der Waals surface area contributed by atoms with Gasteiger partial charge in [0.25, 0.3) is 0 Å². The zero-order chi connectivity index (χ0) is 13.3. The second kappa shape index (κ2) is 4.87. The number of piperidine rings is 1. The molecular weight excluding hydrogens is 238 g/mol. The largest absolute Gasteiger partial charge is 0.497 e. The highest BCUT2D eigenvalue weighted by atomic mass is 16.5. The molecule has 0 unspecified atom stereocenters. The van der Waals surface area contributed by atoms with Gasteiger partial charge in [0.1, 0.15) is 5.75 Å². The van der Waals surface area contributed by atoms with E-state index in [1.54, 1.807) is 7.11 Å². The molecule has 1 aromatic carbocycles. The van der Waals surface area contributed by atoms with Gasteiger partial charge < -0.3 is 9.64 Å². The Morgan fingerprint density at radius 2 is 1.74 bits per heavy atom. The van der Waals surface area contributed by atoms with Crippen molar-refractivity contribution in [3.05, 3.63) is 29.8 Å². The number of hydrogen-bond donors (Lipinski definition) is 0. The molecule has 1 aliphatic carbocycles. The third kappa shape index (κ3) is 2.22. The number of methoxy groups -OCH3 is 1. The summed E-state index contributed by atoms with van der Waals surface area (Å²) in [6.45, 7) is 1.88. The smallest absolute Gasteiger partial charge is 0.233 e. The van der Waals surface area contributed by atoms with Gasteiger partial charge in [-0.05, 0) is 49.8 Å². The third-order valence-corrected chi connectivity index (χ3v) is 4.45. The first-order chi connectivity index (χ1) is 9.26. The van der Waals surface area contributed by atoms with E-state index in [2.05, 4.69) is 4.90 Å². The van der Waals surface area contributed by atoms with E-state index < -0.39 is 0 Å². The SMILES string of the molecule is COc1ccc(C2(C(=O)N3CCCCC3)CC2)cc1. The van der Waals surface area contributed by atoms with Crippen molar-refractivity contribution in [2.45, 2.75) is 37.5 Å². The van der Waals surface area contributed by atoms with E-state index in [4.69, 9.17) is 4.74 Å². The van der Waals surface area contributed by atoms with Crippen molar-refractivity contribution in [1.82, 2.24) is 4.90 Å². The second-order valence-electron chi connectivity index (χ2n) is 5.66. The quantitative estimate of drug-likeness (QED) is 0.835. The van der Waals surface area contributed by atoms with Crippen LogP contribution in [0.25, 0.3) is 0 Å². The van der Waals surface area contributed by atoms with Crippen LogP contribution in [0.3, 0.4) is 0 Å². The summed E-state index contributed by atoms with van der Waals surface area (Å²) in [5, 5.41) is 0. The molecule has 0 atom stereocenters. The molecule has 0 N–H and O–H groups in total. The van der Waals surface area contributed by atoms with E-state index in [0.29, 0.717) is 5.91 Å². The first kappa shape index (κ1) is 12.5. The molecule has 1 aromatic rings. The van der Waals surface area contributed by atoms with Crippen LogP contribution in [0, 0.1) is 0 Å². The second-order valence-corrected chi connectivity index (χ2v) is 5.66. The van der Waals surface area contributed by atoms with Crippen LogP contribution in [0.5, 0.6) is 5.75 Å². The van der Waals surface area contributed by atoms with Crippen molar-refractivity contribution in [3.63, 3.8) is 0 Å². The maximum atomic E-state index is 12.7. The summed E-state index contributed by atoms with van der Waals surface area (Å²) < 4.78 is 5.18. The summed E-state index contributed by atoms with van der Waals surface area (Å²) in [7, 11) is 1.67. The zero-order valence-corrected chi connectivity index (χ0v) is 11.5. The lowest BCUT2D eigenvalue weighted by molar-refractivity contribution is -0.134. The summed E-state index contributed by atoms with van der Waals surface area (Å²) in [5.41, 5.74) is 0.938. The molecule has 1 amide bonds. The van der Waals surface area contributed by atoms with Crippen LogP contribution in [0.1, 0.15) is 37.7 Å². The fourth-order valence-corrected chi connectivity index (χ4v) is 3.06. The van der Waals surface area contributed by atoms with Crippen LogP contribution in [0.15, 0.2) is 24.3 Å². The minimum atomic E-state index is -0.219. The molecule has 2 fully saturated rings. The molecule has 1 heterocycles. The number of likely N-dealkylation sites (tertiary alicyclic amines) is 1. The number of nitrogens with zero attached hydrogens (tertiary/aromatic N) is 1. The maximum absolute atomic E-state index is 12.7. The molecule has 1 saturated carbocycles. The molecule has 19 heavy (non-hydrogen) atoms. The average molecular weight is 259 g/mol. The topological polar surface area (TPSA) is 29.5 Å². The lowest BCUT2D eigenvalue weighted by Crippen LogP contribution is -2.42. The van der Waals surface area contributed by atoms with Gasteiger partial charge in [-0.15, -0.1) is 0 Å². The number of carbonyl (C=O) groups is 1. The Labute approximate surface area is 114 Å². The number of benzene rings is 1. The highest BCUT2D eigenvalue weighted by molar-refractivity contribution is 5.91. The van der Waals surface area contributed by atoms with Crippen molar-refractivity contribution in [3.8, 4) is 5.75 Å². The van der Waals surface area contributed by atoms with Gasteiger partial charge in [0, 0.05) is 13.1 Å². The Kier molecular flexibility index (Phi) is 3.21. The third-order valence-electron chi connectivity index (χ3n) is 4.45. The number of ether oxygens (including phenoxy) is 1. The van der Waals surface area contributed by atoms with Crippen molar-refractivity contribution >= 4 is 5.91 Å². The molecule has 0 radical (unpaired) electrons. The van der Waals surface area contributed by atoms with Gasteiger partial charge in [0.2, 0.25) is 5.91 Å². The van der Waals surface area contributed by atoms with E-state index in [0.717, 1.165) is 50.1 Å². The molecule has 2 aliphatic rings. The summed E-state index contributed by atoms with van der Waals surface area (Å²) in [6.07, 6.45) is 5.57. The normalized spacial score (nSPS) is 21.0. The summed E-state index contributed by atoms with van der Waals surface area (Å²) in [6, 6.07) is 8.01. The minimum Gasteiger partial charge on any atom is -0.497 e. The molecule has 1 aliphatic heterocycles. The lowest BCUT2D eigenvalue weighted by Gasteiger charge is -2.30. The Hall–Kier alpha value is -1.51. The van der Waals surface area contributed by atoms with Crippen LogP contribution in [-0.2, 0) is 10.2 Å². The van der Waals surface area contributed by atoms with Gasteiger partial charge in [0.15, 0.2) is 0 Å². The fraction of sp³-hybridized carbons (Fsp3) is 0.562. The van der Waals surface area contributed by atoms with Gasteiger partial charge in [-0.25, -0.2) is 0 Å². The van der Waals surface area contributed by atoms with Crippen LogP contribution >= 0.6 is 0 Å². The van der Waals surface area contributed by atoms with Crippen molar-refractivity contribution in [2.24, 2.45) is 0 Å². The van der Waals surface area contributed by atoms with Gasteiger partial charge in [0.05, 0.1) is 12.5 Å². The molecule has 1 saturated heterocycles. The Morgan fingerprint density at radius 3 is 2.26 bits per heavy atom. The van der Waals surface area contributed by atoms with E-state index >= 15 is 0 Å². The molecule has 0 aromatic heterocycles. The van der Waals surface area contributed by atoms with Crippen LogP contribution in [0.2, 0.25) is 0 Å². The molecule has 3 nitrogen and oxygen atoms in total. The van der Waals surface area contributed by atoms with Crippen LogP contribution in [-0.4, -0.2) is 31.0 Å². The van der Waals surface area contributed by atoms with Crippen molar-refractivity contribution in [2.75, 3.05) is 20.2 Å². The summed E-state index contributed by atoms with van der Waals surface area (Å²) in [4.78, 5) is 14.8. The van der Waals surface area contributed by atoms with E-state index in [1.165, 1.54) is 6.42 Å². The first-order valence-electron chi connectivity index (χ1n) is 7.20.